The van der Waals surface area contributed by atoms with E-state index < -0.39 is 0 Å². The Morgan fingerprint density at radius 3 is 2.67 bits per heavy atom. The number of piperidine rings is 1. The van der Waals surface area contributed by atoms with Crippen LogP contribution in [0.2, 0.25) is 0 Å². The van der Waals surface area contributed by atoms with Gasteiger partial charge in [-0.2, -0.15) is 0 Å². The molecule has 0 aromatic heterocycles. The van der Waals surface area contributed by atoms with Crippen molar-refractivity contribution in [3.8, 4) is 0 Å². The minimum absolute atomic E-state index is 0.198. The van der Waals surface area contributed by atoms with Crippen molar-refractivity contribution in [2.24, 2.45) is 5.92 Å². The molecule has 0 spiro atoms. The third-order valence-electron chi connectivity index (χ3n) is 5.50. The molecule has 1 aromatic rings. The number of likely N-dealkylation sites (N-methyl/N-ethyl adjacent to an activating group) is 1. The number of urea groups is 1. The molecule has 0 aliphatic carbocycles. The van der Waals surface area contributed by atoms with Crippen molar-refractivity contribution in [2.45, 2.75) is 25.7 Å². The molecule has 7 heteroatoms. The average Bonchev–Trinajstić information content (AvgIpc) is 2.67. The summed E-state index contributed by atoms with van der Waals surface area (Å²) in [5.41, 5.74) is 0.465. The fraction of sp³-hybridized carbons (Fsp3) is 0.600. The van der Waals surface area contributed by atoms with Gasteiger partial charge < -0.3 is 20.0 Å². The van der Waals surface area contributed by atoms with Gasteiger partial charge in [-0.05, 0) is 50.4 Å². The van der Waals surface area contributed by atoms with Crippen LogP contribution in [0.15, 0.2) is 24.3 Å². The molecule has 2 fully saturated rings. The van der Waals surface area contributed by atoms with E-state index in [2.05, 4.69) is 17.3 Å². The van der Waals surface area contributed by atoms with Gasteiger partial charge >= 0.3 is 6.03 Å². The van der Waals surface area contributed by atoms with Crippen LogP contribution in [0.3, 0.4) is 0 Å². The molecule has 1 N–H and O–H groups in total. The summed E-state index contributed by atoms with van der Waals surface area (Å²) in [6.45, 7) is 4.83. The van der Waals surface area contributed by atoms with E-state index in [1.807, 2.05) is 4.90 Å². The maximum atomic E-state index is 13.3. The minimum atomic E-state index is -0.369. The summed E-state index contributed by atoms with van der Waals surface area (Å²) >= 11 is 0. The zero-order valence-corrected chi connectivity index (χ0v) is 16.0. The molecule has 148 valence electrons. The summed E-state index contributed by atoms with van der Waals surface area (Å²) < 4.78 is 13.3. The van der Waals surface area contributed by atoms with Crippen molar-refractivity contribution < 1.29 is 14.0 Å². The maximum absolute atomic E-state index is 13.3. The number of anilines is 1. The minimum Gasteiger partial charge on any atom is -0.340 e. The van der Waals surface area contributed by atoms with Crippen LogP contribution in [-0.4, -0.2) is 73.0 Å². The molecule has 0 saturated carbocycles. The first kappa shape index (κ1) is 19.6. The third-order valence-corrected chi connectivity index (χ3v) is 5.50. The fourth-order valence-electron chi connectivity index (χ4n) is 3.80. The summed E-state index contributed by atoms with van der Waals surface area (Å²) in [7, 11) is 2.08. The van der Waals surface area contributed by atoms with Crippen molar-refractivity contribution in [3.63, 3.8) is 0 Å². The van der Waals surface area contributed by atoms with Crippen LogP contribution < -0.4 is 5.32 Å². The van der Waals surface area contributed by atoms with E-state index in [4.69, 9.17) is 0 Å². The van der Waals surface area contributed by atoms with E-state index in [-0.39, 0.29) is 17.8 Å². The van der Waals surface area contributed by atoms with Gasteiger partial charge in [0.05, 0.1) is 0 Å². The smallest absolute Gasteiger partial charge is 0.321 e. The molecule has 0 radical (unpaired) electrons. The van der Waals surface area contributed by atoms with E-state index in [0.29, 0.717) is 31.1 Å². The Kier molecular flexibility index (Phi) is 6.66. The first-order valence-corrected chi connectivity index (χ1v) is 9.79. The van der Waals surface area contributed by atoms with Gasteiger partial charge in [0.1, 0.15) is 5.82 Å². The monoisotopic (exact) mass is 376 g/mol. The number of hydrogen-bond donors (Lipinski definition) is 1. The molecular weight excluding hydrogens is 347 g/mol. The molecule has 2 heterocycles. The summed E-state index contributed by atoms with van der Waals surface area (Å²) in [6.07, 6.45) is 3.34. The Morgan fingerprint density at radius 1 is 1.15 bits per heavy atom. The number of benzene rings is 1. The Balaban J connectivity index is 1.44. The molecule has 1 unspecified atom stereocenters. The topological polar surface area (TPSA) is 55.9 Å². The summed E-state index contributed by atoms with van der Waals surface area (Å²) in [6, 6.07) is 5.72. The van der Waals surface area contributed by atoms with Gasteiger partial charge in [0, 0.05) is 51.4 Å². The maximum Gasteiger partial charge on any atom is 0.321 e. The SMILES string of the molecule is CN1CCN(C(=O)CCC2CCCN(C(=O)Nc3cccc(F)c3)C2)CC1. The molecule has 3 amide bonds. The largest absolute Gasteiger partial charge is 0.340 e. The van der Waals surface area contributed by atoms with Crippen LogP contribution in [0.4, 0.5) is 14.9 Å². The summed E-state index contributed by atoms with van der Waals surface area (Å²) in [5.74, 6) is 0.199. The van der Waals surface area contributed by atoms with Crippen LogP contribution in [0.5, 0.6) is 0 Å². The fourth-order valence-corrected chi connectivity index (χ4v) is 3.80. The second-order valence-corrected chi connectivity index (χ2v) is 7.62. The number of carbonyl (C=O) groups excluding carboxylic acids is 2. The summed E-state index contributed by atoms with van der Waals surface area (Å²) in [5, 5.41) is 2.76. The lowest BCUT2D eigenvalue weighted by atomic mass is 9.93. The average molecular weight is 376 g/mol. The van der Waals surface area contributed by atoms with Gasteiger partial charge in [-0.15, -0.1) is 0 Å². The number of nitrogens with zero attached hydrogens (tertiary/aromatic N) is 3. The number of carbonyl (C=O) groups is 2. The van der Waals surface area contributed by atoms with Crippen LogP contribution in [-0.2, 0) is 4.79 Å². The van der Waals surface area contributed by atoms with Crippen LogP contribution in [0.25, 0.3) is 0 Å². The number of amides is 3. The molecule has 27 heavy (non-hydrogen) atoms. The zero-order valence-electron chi connectivity index (χ0n) is 16.0. The highest BCUT2D eigenvalue weighted by atomic mass is 19.1. The highest BCUT2D eigenvalue weighted by Gasteiger charge is 2.25. The van der Waals surface area contributed by atoms with E-state index in [0.717, 1.165) is 45.4 Å². The van der Waals surface area contributed by atoms with Crippen LogP contribution in [0, 0.1) is 11.7 Å². The van der Waals surface area contributed by atoms with E-state index in [9.17, 15) is 14.0 Å². The predicted molar refractivity (Wildman–Crippen MR) is 103 cm³/mol. The second-order valence-electron chi connectivity index (χ2n) is 7.62. The molecule has 2 saturated heterocycles. The standard InChI is InChI=1S/C20H29FN4O2/c1-23-10-12-24(13-11-23)19(26)8-7-16-4-3-9-25(15-16)20(27)22-18-6-2-5-17(21)14-18/h2,5-6,14,16H,3-4,7-13,15H2,1H3,(H,22,27). The van der Waals surface area contributed by atoms with E-state index >= 15 is 0 Å². The van der Waals surface area contributed by atoms with Crippen molar-refractivity contribution in [1.29, 1.82) is 0 Å². The molecule has 0 bridgehead atoms. The van der Waals surface area contributed by atoms with Crippen molar-refractivity contribution in [3.05, 3.63) is 30.1 Å². The Hall–Kier alpha value is -2.15. The van der Waals surface area contributed by atoms with E-state index in [1.54, 1.807) is 17.0 Å². The summed E-state index contributed by atoms with van der Waals surface area (Å²) in [4.78, 5) is 30.8. The molecule has 1 aromatic carbocycles. The molecular formula is C20H29FN4O2. The van der Waals surface area contributed by atoms with Gasteiger partial charge in [0.25, 0.3) is 0 Å². The number of nitrogens with one attached hydrogen (secondary N) is 1. The second kappa shape index (κ2) is 9.17. The van der Waals surface area contributed by atoms with Crippen LogP contribution >= 0.6 is 0 Å². The van der Waals surface area contributed by atoms with E-state index in [1.165, 1.54) is 12.1 Å². The molecule has 6 nitrogen and oxygen atoms in total. The van der Waals surface area contributed by atoms with Gasteiger partial charge in [0.2, 0.25) is 5.91 Å². The van der Waals surface area contributed by atoms with Gasteiger partial charge in [-0.25, -0.2) is 9.18 Å². The highest BCUT2D eigenvalue weighted by Crippen LogP contribution is 2.22. The third kappa shape index (κ3) is 5.66. The molecule has 2 aliphatic heterocycles. The Bertz CT molecular complexity index is 661. The van der Waals surface area contributed by atoms with Crippen molar-refractivity contribution in [1.82, 2.24) is 14.7 Å². The van der Waals surface area contributed by atoms with Crippen molar-refractivity contribution >= 4 is 17.6 Å². The predicted octanol–water partition coefficient (Wildman–Crippen LogP) is 2.62. The molecule has 2 aliphatic rings. The lowest BCUT2D eigenvalue weighted by molar-refractivity contribution is -0.133. The first-order chi connectivity index (χ1) is 13.0. The van der Waals surface area contributed by atoms with Gasteiger partial charge in [-0.3, -0.25) is 4.79 Å². The van der Waals surface area contributed by atoms with Gasteiger partial charge in [-0.1, -0.05) is 6.07 Å². The molecule has 1 atom stereocenters. The molecule has 3 rings (SSSR count). The normalized spacial score (nSPS) is 21.2. The number of hydrogen-bond acceptors (Lipinski definition) is 3. The quantitative estimate of drug-likeness (QED) is 0.879. The van der Waals surface area contributed by atoms with Gasteiger partial charge in [0.15, 0.2) is 0 Å². The number of piperazine rings is 1. The van der Waals surface area contributed by atoms with Crippen LogP contribution in [0.1, 0.15) is 25.7 Å². The Morgan fingerprint density at radius 2 is 1.93 bits per heavy atom. The number of likely N-dealkylation sites (tertiary alicyclic amines) is 1. The first-order valence-electron chi connectivity index (χ1n) is 9.79. The Labute approximate surface area is 160 Å². The lowest BCUT2D eigenvalue weighted by Crippen LogP contribution is -2.47. The number of rotatable bonds is 4. The van der Waals surface area contributed by atoms with Crippen molar-refractivity contribution in [2.75, 3.05) is 51.6 Å². The highest BCUT2D eigenvalue weighted by molar-refractivity contribution is 5.89. The zero-order chi connectivity index (χ0) is 19.2. The lowest BCUT2D eigenvalue weighted by Gasteiger charge is -2.34. The number of halogens is 1.